The number of hydrogen-bond acceptors (Lipinski definition) is 4. The number of nitro groups is 1. The number of aromatic nitrogens is 2. The van der Waals surface area contributed by atoms with Crippen molar-refractivity contribution in [1.82, 2.24) is 14.7 Å². The first-order valence-electron chi connectivity index (χ1n) is 7.24. The van der Waals surface area contributed by atoms with Gasteiger partial charge in [0.15, 0.2) is 0 Å². The predicted molar refractivity (Wildman–Crippen MR) is 78.9 cm³/mol. The molecule has 0 saturated heterocycles. The number of carbonyl (C=O) groups is 1. The van der Waals surface area contributed by atoms with E-state index < -0.39 is 4.92 Å². The Labute approximate surface area is 131 Å². The van der Waals surface area contributed by atoms with E-state index >= 15 is 0 Å². The van der Waals surface area contributed by atoms with Crippen molar-refractivity contribution in [2.24, 2.45) is 0 Å². The Kier molecular flexibility index (Phi) is 4.05. The zero-order valence-electron chi connectivity index (χ0n) is 12.3. The van der Waals surface area contributed by atoms with Gasteiger partial charge in [0, 0.05) is 12.6 Å². The fraction of sp³-hybridized carbons (Fsp3) is 0.333. The number of halogens is 1. The summed E-state index contributed by atoms with van der Waals surface area (Å²) in [6.45, 7) is 0.346. The molecule has 0 atom stereocenters. The topological polar surface area (TPSA) is 81.3 Å². The standard InChI is InChI=1S/C15H15FN4O3/c16-12-3-1-11(2-4-12)9-19(13-5-6-13)15(21)10-18-8-7-14(17-18)20(22)23/h1-4,7-8,13H,5-6,9-10H2. The Hall–Kier alpha value is -2.77. The van der Waals surface area contributed by atoms with E-state index in [-0.39, 0.29) is 30.1 Å². The molecule has 0 unspecified atom stereocenters. The van der Waals surface area contributed by atoms with Crippen molar-refractivity contribution in [1.29, 1.82) is 0 Å². The Balaban J connectivity index is 1.68. The van der Waals surface area contributed by atoms with Crippen LogP contribution in [0.3, 0.4) is 0 Å². The first-order valence-corrected chi connectivity index (χ1v) is 7.24. The number of carbonyl (C=O) groups excluding carboxylic acids is 1. The lowest BCUT2D eigenvalue weighted by atomic mass is 10.2. The molecule has 120 valence electrons. The van der Waals surface area contributed by atoms with Crippen LogP contribution in [-0.2, 0) is 17.9 Å². The molecule has 1 heterocycles. The van der Waals surface area contributed by atoms with Gasteiger partial charge in [-0.3, -0.25) is 4.79 Å². The van der Waals surface area contributed by atoms with Crippen molar-refractivity contribution in [3.05, 3.63) is 58.0 Å². The maximum Gasteiger partial charge on any atom is 0.389 e. The number of nitrogens with zero attached hydrogens (tertiary/aromatic N) is 4. The van der Waals surface area contributed by atoms with E-state index in [1.807, 2.05) is 0 Å². The summed E-state index contributed by atoms with van der Waals surface area (Å²) in [5, 5.41) is 14.4. The maximum absolute atomic E-state index is 13.0. The van der Waals surface area contributed by atoms with E-state index in [9.17, 15) is 19.3 Å². The highest BCUT2D eigenvalue weighted by Gasteiger charge is 2.33. The van der Waals surface area contributed by atoms with Crippen LogP contribution in [0, 0.1) is 15.9 Å². The lowest BCUT2D eigenvalue weighted by Crippen LogP contribution is -2.35. The molecule has 0 radical (unpaired) electrons. The highest BCUT2D eigenvalue weighted by atomic mass is 19.1. The van der Waals surface area contributed by atoms with Crippen LogP contribution in [0.1, 0.15) is 18.4 Å². The molecule has 1 aliphatic carbocycles. The summed E-state index contributed by atoms with van der Waals surface area (Å²) in [4.78, 5) is 24.2. The quantitative estimate of drug-likeness (QED) is 0.603. The molecule has 7 nitrogen and oxygen atoms in total. The molecule has 3 rings (SSSR count). The van der Waals surface area contributed by atoms with Gasteiger partial charge in [0.1, 0.15) is 12.4 Å². The van der Waals surface area contributed by atoms with Crippen LogP contribution in [0.2, 0.25) is 0 Å². The molecule has 1 fully saturated rings. The lowest BCUT2D eigenvalue weighted by Gasteiger charge is -2.22. The van der Waals surface area contributed by atoms with Gasteiger partial charge in [-0.2, -0.15) is 4.68 Å². The average molecular weight is 318 g/mol. The number of hydrogen-bond donors (Lipinski definition) is 0. The summed E-state index contributed by atoms with van der Waals surface area (Å²) in [5.74, 6) is -0.758. The minimum absolute atomic E-state index is 0.0501. The molecule has 1 aromatic heterocycles. The van der Waals surface area contributed by atoms with Crippen LogP contribution in [0.25, 0.3) is 0 Å². The molecule has 0 bridgehead atoms. The monoisotopic (exact) mass is 318 g/mol. The van der Waals surface area contributed by atoms with Crippen molar-refractivity contribution in [2.45, 2.75) is 32.0 Å². The molecule has 23 heavy (non-hydrogen) atoms. The van der Waals surface area contributed by atoms with Crippen molar-refractivity contribution >= 4 is 11.7 Å². The average Bonchev–Trinajstić information content (AvgIpc) is 3.25. The fourth-order valence-corrected chi connectivity index (χ4v) is 2.36. The van der Waals surface area contributed by atoms with Gasteiger partial charge in [0.25, 0.3) is 0 Å². The number of rotatable bonds is 6. The summed E-state index contributed by atoms with van der Waals surface area (Å²) in [5.41, 5.74) is 0.845. The molecule has 0 spiro atoms. The molecule has 0 aliphatic heterocycles. The second-order valence-electron chi connectivity index (χ2n) is 5.51. The van der Waals surface area contributed by atoms with E-state index in [0.717, 1.165) is 18.4 Å². The third-order valence-corrected chi connectivity index (χ3v) is 3.69. The summed E-state index contributed by atoms with van der Waals surface area (Å²) in [6, 6.07) is 7.46. The van der Waals surface area contributed by atoms with E-state index in [1.165, 1.54) is 29.1 Å². The third-order valence-electron chi connectivity index (χ3n) is 3.69. The van der Waals surface area contributed by atoms with Gasteiger partial charge in [0.05, 0.1) is 17.4 Å². The molecular weight excluding hydrogens is 303 g/mol. The predicted octanol–water partition coefficient (Wildman–Crippen LogP) is 2.12. The van der Waals surface area contributed by atoms with Gasteiger partial charge in [-0.15, -0.1) is 0 Å². The van der Waals surface area contributed by atoms with E-state index in [0.29, 0.717) is 6.54 Å². The zero-order valence-corrected chi connectivity index (χ0v) is 12.3. The second-order valence-corrected chi connectivity index (χ2v) is 5.51. The highest BCUT2D eigenvalue weighted by Crippen LogP contribution is 2.28. The number of amides is 1. The Morgan fingerprint density at radius 1 is 1.35 bits per heavy atom. The smallest absolute Gasteiger partial charge is 0.358 e. The first-order chi connectivity index (χ1) is 11.0. The van der Waals surface area contributed by atoms with Crippen LogP contribution < -0.4 is 0 Å². The molecule has 1 aromatic carbocycles. The van der Waals surface area contributed by atoms with E-state index in [4.69, 9.17) is 0 Å². The van der Waals surface area contributed by atoms with Crippen LogP contribution in [0.15, 0.2) is 36.5 Å². The Bertz CT molecular complexity index is 725. The van der Waals surface area contributed by atoms with Gasteiger partial charge in [0.2, 0.25) is 5.91 Å². The fourth-order valence-electron chi connectivity index (χ4n) is 2.36. The molecule has 1 amide bonds. The maximum atomic E-state index is 13.0. The van der Waals surface area contributed by atoms with Crippen LogP contribution >= 0.6 is 0 Å². The summed E-state index contributed by atoms with van der Waals surface area (Å²) in [7, 11) is 0. The minimum atomic E-state index is -0.599. The molecule has 8 heteroatoms. The van der Waals surface area contributed by atoms with Gasteiger partial charge in [-0.25, -0.2) is 4.39 Å². The molecule has 1 saturated carbocycles. The minimum Gasteiger partial charge on any atom is -0.358 e. The van der Waals surface area contributed by atoms with Gasteiger partial charge in [-0.1, -0.05) is 12.1 Å². The van der Waals surface area contributed by atoms with Crippen LogP contribution in [0.4, 0.5) is 10.2 Å². The van der Waals surface area contributed by atoms with Crippen molar-refractivity contribution in [2.75, 3.05) is 0 Å². The van der Waals surface area contributed by atoms with Crippen molar-refractivity contribution in [3.63, 3.8) is 0 Å². The summed E-state index contributed by atoms with van der Waals surface area (Å²) in [6.07, 6.45) is 3.29. The second kappa shape index (κ2) is 6.15. The van der Waals surface area contributed by atoms with Gasteiger partial charge < -0.3 is 15.0 Å². The number of benzene rings is 1. The van der Waals surface area contributed by atoms with Gasteiger partial charge >= 0.3 is 5.82 Å². The largest absolute Gasteiger partial charge is 0.389 e. The van der Waals surface area contributed by atoms with E-state index in [1.54, 1.807) is 17.0 Å². The Morgan fingerprint density at radius 2 is 2.04 bits per heavy atom. The Morgan fingerprint density at radius 3 is 2.61 bits per heavy atom. The molecule has 1 aliphatic rings. The van der Waals surface area contributed by atoms with Crippen molar-refractivity contribution < 1.29 is 14.1 Å². The van der Waals surface area contributed by atoms with Crippen LogP contribution in [-0.4, -0.2) is 31.6 Å². The molecule has 2 aromatic rings. The van der Waals surface area contributed by atoms with E-state index in [2.05, 4.69) is 5.10 Å². The summed E-state index contributed by atoms with van der Waals surface area (Å²) >= 11 is 0. The van der Waals surface area contributed by atoms with Gasteiger partial charge in [-0.05, 0) is 35.5 Å². The normalized spacial score (nSPS) is 13.8. The molecule has 0 N–H and O–H groups in total. The summed E-state index contributed by atoms with van der Waals surface area (Å²) < 4.78 is 14.2. The van der Waals surface area contributed by atoms with Crippen molar-refractivity contribution in [3.8, 4) is 0 Å². The van der Waals surface area contributed by atoms with Crippen LogP contribution in [0.5, 0.6) is 0 Å². The SMILES string of the molecule is O=C(Cn1ccc([N+](=O)[O-])n1)N(Cc1ccc(F)cc1)C1CC1. The molecular formula is C15H15FN4O3. The third kappa shape index (κ3) is 3.71. The lowest BCUT2D eigenvalue weighted by molar-refractivity contribution is -0.389. The zero-order chi connectivity index (χ0) is 16.4. The first kappa shape index (κ1) is 15.1. The highest BCUT2D eigenvalue weighted by molar-refractivity contribution is 5.76.